The van der Waals surface area contributed by atoms with Crippen molar-refractivity contribution in [3.63, 3.8) is 0 Å². The monoisotopic (exact) mass is 430 g/mol. The summed E-state index contributed by atoms with van der Waals surface area (Å²) in [6.45, 7) is 4.34. The number of ether oxygens (including phenoxy) is 2. The molecule has 6 nitrogen and oxygen atoms in total. The Morgan fingerprint density at radius 1 is 1.23 bits per heavy atom. The molecule has 2 heterocycles. The van der Waals surface area contributed by atoms with Gasteiger partial charge in [-0.25, -0.2) is 4.98 Å². The number of pyridine rings is 1. The lowest BCUT2D eigenvalue weighted by Crippen LogP contribution is -2.45. The molecule has 0 aromatic carbocycles. The second kappa shape index (κ2) is 8.70. The Hall–Kier alpha value is -1.87. The average Bonchev–Trinajstić information content (AvgIpc) is 3.01. The van der Waals surface area contributed by atoms with Crippen LogP contribution in [0.2, 0.25) is 0 Å². The Bertz CT molecular complexity index is 731. The minimum Gasteiger partial charge on any atom is -0.465 e. The molecule has 2 fully saturated rings. The van der Waals surface area contributed by atoms with E-state index in [0.717, 1.165) is 13.3 Å². The van der Waals surface area contributed by atoms with Crippen LogP contribution in [-0.4, -0.2) is 53.6 Å². The van der Waals surface area contributed by atoms with Crippen molar-refractivity contribution in [2.45, 2.75) is 70.3 Å². The summed E-state index contributed by atoms with van der Waals surface area (Å²) in [7, 11) is 0. The number of aliphatic hydroxyl groups is 1. The summed E-state index contributed by atoms with van der Waals surface area (Å²) >= 11 is 0. The normalized spacial score (nSPS) is 28.2. The van der Waals surface area contributed by atoms with Crippen LogP contribution in [0.4, 0.5) is 18.9 Å². The van der Waals surface area contributed by atoms with Crippen LogP contribution in [0, 0.1) is 5.41 Å². The molecule has 168 valence electrons. The number of alkyl halides is 3. The van der Waals surface area contributed by atoms with Crippen molar-refractivity contribution in [1.82, 2.24) is 4.98 Å². The zero-order valence-electron chi connectivity index (χ0n) is 17.4. The van der Waals surface area contributed by atoms with Crippen LogP contribution in [0.3, 0.4) is 0 Å². The first kappa shape index (κ1) is 22.8. The van der Waals surface area contributed by atoms with Crippen LogP contribution in [0.25, 0.3) is 0 Å². The second-order valence-corrected chi connectivity index (χ2v) is 8.42. The van der Waals surface area contributed by atoms with Crippen LogP contribution >= 0.6 is 0 Å². The molecule has 9 heteroatoms. The number of halogens is 3. The summed E-state index contributed by atoms with van der Waals surface area (Å²) in [6, 6.07) is 2.90. The van der Waals surface area contributed by atoms with E-state index in [9.17, 15) is 23.1 Å². The van der Waals surface area contributed by atoms with Gasteiger partial charge in [0.25, 0.3) is 0 Å². The van der Waals surface area contributed by atoms with Crippen molar-refractivity contribution in [3.8, 4) is 5.88 Å². The number of nitrogens with zero attached hydrogens (tertiary/aromatic N) is 2. The maximum Gasteiger partial charge on any atom is 0.425 e. The number of amides is 1. The molecule has 1 aliphatic heterocycles. The third kappa shape index (κ3) is 4.88. The largest absolute Gasteiger partial charge is 0.465 e. The van der Waals surface area contributed by atoms with Crippen molar-refractivity contribution in [2.75, 3.05) is 24.7 Å². The van der Waals surface area contributed by atoms with E-state index in [2.05, 4.69) is 4.98 Å². The van der Waals surface area contributed by atoms with Crippen LogP contribution in [-0.2, 0) is 9.53 Å². The van der Waals surface area contributed by atoms with Crippen molar-refractivity contribution in [3.05, 3.63) is 18.3 Å². The highest BCUT2D eigenvalue weighted by Gasteiger charge is 2.51. The molecule has 1 aliphatic carbocycles. The van der Waals surface area contributed by atoms with E-state index < -0.39 is 23.3 Å². The zero-order valence-corrected chi connectivity index (χ0v) is 17.4. The molecule has 1 spiro atoms. The third-order valence-electron chi connectivity index (χ3n) is 6.16. The average molecular weight is 430 g/mol. The van der Waals surface area contributed by atoms with Crippen LogP contribution in [0.1, 0.15) is 52.4 Å². The molecule has 1 amide bonds. The van der Waals surface area contributed by atoms with E-state index in [1.807, 2.05) is 6.92 Å². The van der Waals surface area contributed by atoms with E-state index >= 15 is 0 Å². The van der Waals surface area contributed by atoms with Crippen molar-refractivity contribution < 1.29 is 32.5 Å². The molecule has 0 unspecified atom stereocenters. The number of anilines is 1. The standard InChI is InChI=1S/C21H29F3N2O4/c1-3-12-29-14-20(28)8-6-19(7-9-20)10-11-26(18(19)27)16-4-5-17(25-13-16)30-15(2)21(22,23)24/h4-5,13,15,28H,3,6-12,14H2,1-2H3/t15-,19-,20+/m0/s1. The predicted octanol–water partition coefficient (Wildman–Crippen LogP) is 3.87. The minimum atomic E-state index is -4.47. The van der Waals surface area contributed by atoms with Gasteiger partial charge in [-0.15, -0.1) is 0 Å². The molecule has 1 atom stereocenters. The lowest BCUT2D eigenvalue weighted by atomic mass is 9.68. The molecule has 1 aromatic rings. The first-order valence-electron chi connectivity index (χ1n) is 10.4. The fourth-order valence-corrected chi connectivity index (χ4v) is 4.13. The van der Waals surface area contributed by atoms with Crippen molar-refractivity contribution >= 4 is 11.6 Å². The molecule has 1 saturated heterocycles. The molecular weight excluding hydrogens is 401 g/mol. The number of hydrogen-bond acceptors (Lipinski definition) is 5. The topological polar surface area (TPSA) is 71.9 Å². The van der Waals surface area contributed by atoms with Crippen LogP contribution in [0.5, 0.6) is 5.88 Å². The summed E-state index contributed by atoms with van der Waals surface area (Å²) < 4.78 is 48.2. The molecule has 1 N–H and O–H groups in total. The van der Waals surface area contributed by atoms with Gasteiger partial charge in [-0.3, -0.25) is 4.79 Å². The lowest BCUT2D eigenvalue weighted by molar-refractivity contribution is -0.189. The van der Waals surface area contributed by atoms with E-state index in [1.165, 1.54) is 12.3 Å². The highest BCUT2D eigenvalue weighted by molar-refractivity contribution is 5.99. The fraction of sp³-hybridized carbons (Fsp3) is 0.714. The van der Waals surface area contributed by atoms with Gasteiger partial charge in [0, 0.05) is 19.2 Å². The SMILES string of the molecule is CCCOC[C@]1(O)CC[C@]2(CCN(c3ccc(O[C@@H](C)C(F)(F)F)nc3)C2=O)CC1. The van der Waals surface area contributed by atoms with Crippen LogP contribution < -0.4 is 9.64 Å². The fourth-order valence-electron chi connectivity index (χ4n) is 4.13. The quantitative estimate of drug-likeness (QED) is 0.665. The first-order valence-corrected chi connectivity index (χ1v) is 10.4. The number of rotatable bonds is 7. The van der Waals surface area contributed by atoms with Gasteiger partial charge in [0.2, 0.25) is 11.8 Å². The molecule has 0 radical (unpaired) electrons. The maximum atomic E-state index is 13.2. The summed E-state index contributed by atoms with van der Waals surface area (Å²) in [5.41, 5.74) is -0.850. The number of carbonyl (C=O) groups excluding carboxylic acids is 1. The Labute approximate surface area is 174 Å². The maximum absolute atomic E-state index is 13.2. The van der Waals surface area contributed by atoms with Gasteiger partial charge < -0.3 is 19.5 Å². The predicted molar refractivity (Wildman–Crippen MR) is 104 cm³/mol. The van der Waals surface area contributed by atoms with E-state index in [0.29, 0.717) is 50.9 Å². The highest BCUT2D eigenvalue weighted by Crippen LogP contribution is 2.48. The number of hydrogen-bond donors (Lipinski definition) is 1. The van der Waals surface area contributed by atoms with Gasteiger partial charge in [0.1, 0.15) is 0 Å². The lowest BCUT2D eigenvalue weighted by Gasteiger charge is -2.40. The van der Waals surface area contributed by atoms with E-state index in [-0.39, 0.29) is 18.4 Å². The molecule has 1 aromatic heterocycles. The molecule has 0 bridgehead atoms. The zero-order chi connectivity index (χ0) is 22.0. The minimum absolute atomic E-state index is 0.0156. The van der Waals surface area contributed by atoms with Crippen molar-refractivity contribution in [1.29, 1.82) is 0 Å². The number of aromatic nitrogens is 1. The molecule has 2 aliphatic rings. The van der Waals surface area contributed by atoms with Gasteiger partial charge in [-0.1, -0.05) is 6.92 Å². The van der Waals surface area contributed by atoms with Gasteiger partial charge in [0.15, 0.2) is 6.10 Å². The molecule has 30 heavy (non-hydrogen) atoms. The Balaban J connectivity index is 1.60. The van der Waals surface area contributed by atoms with E-state index in [4.69, 9.17) is 9.47 Å². The Morgan fingerprint density at radius 2 is 1.93 bits per heavy atom. The smallest absolute Gasteiger partial charge is 0.425 e. The molecular formula is C21H29F3N2O4. The van der Waals surface area contributed by atoms with Gasteiger partial charge in [0.05, 0.1) is 29.5 Å². The summed E-state index contributed by atoms with van der Waals surface area (Å²) in [5, 5.41) is 10.7. The Kier molecular flexibility index (Phi) is 6.62. The van der Waals surface area contributed by atoms with Crippen LogP contribution in [0.15, 0.2) is 18.3 Å². The van der Waals surface area contributed by atoms with E-state index in [1.54, 1.807) is 11.0 Å². The van der Waals surface area contributed by atoms with Gasteiger partial charge in [-0.05, 0) is 51.5 Å². The van der Waals surface area contributed by atoms with Gasteiger partial charge >= 0.3 is 6.18 Å². The van der Waals surface area contributed by atoms with Gasteiger partial charge in [-0.2, -0.15) is 13.2 Å². The number of carbonyl (C=O) groups is 1. The molecule has 1 saturated carbocycles. The summed E-state index contributed by atoms with van der Waals surface area (Å²) in [5.74, 6) is -0.155. The summed E-state index contributed by atoms with van der Waals surface area (Å²) in [6.07, 6.45) is -1.29. The van der Waals surface area contributed by atoms with Crippen molar-refractivity contribution in [2.24, 2.45) is 5.41 Å². The second-order valence-electron chi connectivity index (χ2n) is 8.42. The summed E-state index contributed by atoms with van der Waals surface area (Å²) in [4.78, 5) is 18.7. The third-order valence-corrected chi connectivity index (χ3v) is 6.16. The Morgan fingerprint density at radius 3 is 2.50 bits per heavy atom. The first-order chi connectivity index (χ1) is 14.1. The molecule has 3 rings (SSSR count). The highest BCUT2D eigenvalue weighted by atomic mass is 19.4.